The zero-order valence-electron chi connectivity index (χ0n) is 10.5. The Bertz CT molecular complexity index is 665. The fourth-order valence-electron chi connectivity index (χ4n) is 1.77. The van der Waals surface area contributed by atoms with E-state index in [1.807, 2.05) is 0 Å². The van der Waals surface area contributed by atoms with E-state index in [-0.39, 0.29) is 5.56 Å². The molecule has 2 aromatic rings. The van der Waals surface area contributed by atoms with E-state index in [1.54, 1.807) is 30.8 Å². The molecule has 2 rings (SSSR count). The van der Waals surface area contributed by atoms with Crippen molar-refractivity contribution in [2.24, 2.45) is 7.05 Å². The maximum atomic E-state index is 10.8. The van der Waals surface area contributed by atoms with Crippen LogP contribution < -0.4 is 5.32 Å². The van der Waals surface area contributed by atoms with E-state index < -0.39 is 5.97 Å². The molecule has 1 aromatic heterocycles. The van der Waals surface area contributed by atoms with Gasteiger partial charge in [0.25, 0.3) is 0 Å². The molecule has 0 radical (unpaired) electrons. The van der Waals surface area contributed by atoms with Crippen LogP contribution in [0.4, 0.5) is 11.5 Å². The number of aromatic carboxylic acids is 1. The van der Waals surface area contributed by atoms with Crippen molar-refractivity contribution in [2.75, 3.05) is 5.32 Å². The average Bonchev–Trinajstić information content (AvgIpc) is 2.64. The van der Waals surface area contributed by atoms with Crippen molar-refractivity contribution < 1.29 is 9.90 Å². The van der Waals surface area contributed by atoms with Gasteiger partial charge in [-0.25, -0.2) is 4.79 Å². The number of carboxylic acid groups (broad SMARTS) is 1. The Morgan fingerprint density at radius 2 is 2.05 bits per heavy atom. The zero-order chi connectivity index (χ0) is 14.0. The van der Waals surface area contributed by atoms with E-state index in [9.17, 15) is 4.79 Å². The molecule has 0 aliphatic heterocycles. The lowest BCUT2D eigenvalue weighted by Gasteiger charge is -2.07. The van der Waals surface area contributed by atoms with Gasteiger partial charge < -0.3 is 10.4 Å². The van der Waals surface area contributed by atoms with Gasteiger partial charge in [0, 0.05) is 12.7 Å². The summed E-state index contributed by atoms with van der Waals surface area (Å²) < 4.78 is 1.58. The van der Waals surface area contributed by atoms with Crippen LogP contribution in [0.1, 0.15) is 21.6 Å². The number of carbonyl (C=O) groups is 1. The van der Waals surface area contributed by atoms with Crippen molar-refractivity contribution in [3.8, 4) is 6.07 Å². The highest BCUT2D eigenvalue weighted by molar-refractivity contribution is 5.88. The number of hydrogen-bond donors (Lipinski definition) is 2. The fourth-order valence-corrected chi connectivity index (χ4v) is 1.77. The summed E-state index contributed by atoms with van der Waals surface area (Å²) in [4.78, 5) is 10.8. The number of hydrogen-bond acceptors (Lipinski definition) is 4. The van der Waals surface area contributed by atoms with Gasteiger partial charge in [0.15, 0.2) is 0 Å². The molecule has 1 heterocycles. The lowest BCUT2D eigenvalue weighted by molar-refractivity contribution is 0.0697. The predicted octanol–water partition coefficient (Wildman–Crippen LogP) is 2.04. The van der Waals surface area contributed by atoms with E-state index in [1.165, 1.54) is 12.1 Å². The Labute approximate surface area is 109 Å². The number of nitriles is 1. The molecule has 6 heteroatoms. The van der Waals surface area contributed by atoms with Crippen LogP contribution in [0, 0.1) is 18.3 Å². The molecular weight excluding hydrogens is 244 g/mol. The molecule has 0 aliphatic rings. The van der Waals surface area contributed by atoms with Gasteiger partial charge in [-0.3, -0.25) is 4.68 Å². The Morgan fingerprint density at radius 3 is 2.58 bits per heavy atom. The molecule has 6 nitrogen and oxygen atoms in total. The highest BCUT2D eigenvalue weighted by Crippen LogP contribution is 2.22. The minimum Gasteiger partial charge on any atom is -0.478 e. The molecule has 0 aliphatic carbocycles. The average molecular weight is 256 g/mol. The van der Waals surface area contributed by atoms with Gasteiger partial charge in [-0.1, -0.05) is 0 Å². The van der Waals surface area contributed by atoms with Crippen molar-refractivity contribution >= 4 is 17.5 Å². The first-order chi connectivity index (χ1) is 9.02. The van der Waals surface area contributed by atoms with Crippen LogP contribution in [0.25, 0.3) is 0 Å². The van der Waals surface area contributed by atoms with Gasteiger partial charge in [0.1, 0.15) is 17.5 Å². The first kappa shape index (κ1) is 12.6. The number of aromatic nitrogens is 2. The number of nitrogens with one attached hydrogen (secondary N) is 1. The third-order valence-corrected chi connectivity index (χ3v) is 2.73. The molecule has 1 aromatic carbocycles. The van der Waals surface area contributed by atoms with E-state index >= 15 is 0 Å². The zero-order valence-corrected chi connectivity index (χ0v) is 10.5. The maximum absolute atomic E-state index is 10.8. The number of anilines is 2. The highest BCUT2D eigenvalue weighted by Gasteiger charge is 2.13. The standard InChI is InChI=1S/C13H12N4O2/c1-8-11(7-14)12(17(2)16-8)15-10-5-3-9(4-6-10)13(18)19/h3-6,15H,1-2H3,(H,18,19). The molecule has 0 atom stereocenters. The number of nitrogens with zero attached hydrogens (tertiary/aromatic N) is 3. The number of rotatable bonds is 3. The molecule has 0 bridgehead atoms. The molecule has 0 amide bonds. The Kier molecular flexibility index (Phi) is 3.21. The van der Waals surface area contributed by atoms with Crippen LogP contribution in [0.15, 0.2) is 24.3 Å². The molecule has 19 heavy (non-hydrogen) atoms. The molecule has 96 valence electrons. The third-order valence-electron chi connectivity index (χ3n) is 2.73. The van der Waals surface area contributed by atoms with Crippen LogP contribution in [-0.4, -0.2) is 20.9 Å². The van der Waals surface area contributed by atoms with Crippen LogP contribution in [0.2, 0.25) is 0 Å². The molecule has 0 saturated heterocycles. The molecule has 0 spiro atoms. The highest BCUT2D eigenvalue weighted by atomic mass is 16.4. The quantitative estimate of drug-likeness (QED) is 0.876. The van der Waals surface area contributed by atoms with Crippen molar-refractivity contribution in [2.45, 2.75) is 6.92 Å². The van der Waals surface area contributed by atoms with Gasteiger partial charge >= 0.3 is 5.97 Å². The second kappa shape index (κ2) is 4.82. The minimum atomic E-state index is -0.972. The second-order valence-electron chi connectivity index (χ2n) is 4.05. The molecule has 2 N–H and O–H groups in total. The molecular formula is C13H12N4O2. The van der Waals surface area contributed by atoms with Crippen molar-refractivity contribution in [1.82, 2.24) is 9.78 Å². The Morgan fingerprint density at radius 1 is 1.42 bits per heavy atom. The second-order valence-corrected chi connectivity index (χ2v) is 4.05. The number of benzene rings is 1. The largest absolute Gasteiger partial charge is 0.478 e. The molecule has 0 saturated carbocycles. The lowest BCUT2D eigenvalue weighted by atomic mass is 10.2. The van der Waals surface area contributed by atoms with Gasteiger partial charge in [-0.15, -0.1) is 0 Å². The van der Waals surface area contributed by atoms with Crippen LogP contribution in [0.3, 0.4) is 0 Å². The summed E-state index contributed by atoms with van der Waals surface area (Å²) in [7, 11) is 1.74. The summed E-state index contributed by atoms with van der Waals surface area (Å²) in [6.07, 6.45) is 0. The Balaban J connectivity index is 2.32. The summed E-state index contributed by atoms with van der Waals surface area (Å²) in [5, 5.41) is 25.1. The first-order valence-corrected chi connectivity index (χ1v) is 5.57. The SMILES string of the molecule is Cc1nn(C)c(Nc2ccc(C(=O)O)cc2)c1C#N. The number of carboxylic acids is 1. The van der Waals surface area contributed by atoms with Gasteiger partial charge in [0.2, 0.25) is 0 Å². The van der Waals surface area contributed by atoms with Gasteiger partial charge in [-0.2, -0.15) is 10.4 Å². The summed E-state index contributed by atoms with van der Waals surface area (Å²) in [5.41, 5.74) is 2.04. The first-order valence-electron chi connectivity index (χ1n) is 5.57. The molecule has 0 fully saturated rings. The Hall–Kier alpha value is -2.81. The smallest absolute Gasteiger partial charge is 0.335 e. The van der Waals surface area contributed by atoms with Crippen molar-refractivity contribution in [3.63, 3.8) is 0 Å². The van der Waals surface area contributed by atoms with Crippen LogP contribution >= 0.6 is 0 Å². The van der Waals surface area contributed by atoms with Crippen molar-refractivity contribution in [3.05, 3.63) is 41.1 Å². The van der Waals surface area contributed by atoms with Gasteiger partial charge in [0.05, 0.1) is 11.3 Å². The lowest BCUT2D eigenvalue weighted by Crippen LogP contribution is -2.01. The minimum absolute atomic E-state index is 0.215. The monoisotopic (exact) mass is 256 g/mol. The fraction of sp³-hybridized carbons (Fsp3) is 0.154. The number of aryl methyl sites for hydroxylation is 2. The summed E-state index contributed by atoms with van der Waals surface area (Å²) >= 11 is 0. The van der Waals surface area contributed by atoms with E-state index in [2.05, 4.69) is 16.5 Å². The van der Waals surface area contributed by atoms with Crippen LogP contribution in [0.5, 0.6) is 0 Å². The molecule has 0 unspecified atom stereocenters. The van der Waals surface area contributed by atoms with E-state index in [0.717, 1.165) is 0 Å². The van der Waals surface area contributed by atoms with Crippen LogP contribution in [-0.2, 0) is 7.05 Å². The topological polar surface area (TPSA) is 90.9 Å². The third kappa shape index (κ3) is 2.40. The predicted molar refractivity (Wildman–Crippen MR) is 69.3 cm³/mol. The van der Waals surface area contributed by atoms with E-state index in [0.29, 0.717) is 22.8 Å². The summed E-state index contributed by atoms with van der Waals surface area (Å²) in [6.45, 7) is 1.76. The summed E-state index contributed by atoms with van der Waals surface area (Å²) in [5.74, 6) is -0.385. The normalized spacial score (nSPS) is 9.95. The maximum Gasteiger partial charge on any atom is 0.335 e. The van der Waals surface area contributed by atoms with E-state index in [4.69, 9.17) is 10.4 Å². The summed E-state index contributed by atoms with van der Waals surface area (Å²) in [6, 6.07) is 8.39. The van der Waals surface area contributed by atoms with Crippen molar-refractivity contribution in [1.29, 1.82) is 5.26 Å². The van der Waals surface area contributed by atoms with Gasteiger partial charge in [-0.05, 0) is 31.2 Å².